The van der Waals surface area contributed by atoms with Gasteiger partial charge in [0.05, 0.1) is 0 Å². The van der Waals surface area contributed by atoms with Gasteiger partial charge in [-0.15, -0.1) is 0 Å². The highest BCUT2D eigenvalue weighted by Crippen LogP contribution is 2.22. The minimum Gasteiger partial charge on any atom is -0.370 e. The van der Waals surface area contributed by atoms with E-state index >= 15 is 0 Å². The lowest BCUT2D eigenvalue weighted by atomic mass is 9.99. The minimum atomic E-state index is 0.657. The Bertz CT molecular complexity index is 407. The molecule has 16 heavy (non-hydrogen) atoms. The lowest BCUT2D eigenvalue weighted by Crippen LogP contribution is -2.30. The standard InChI is InChI=1S/C14H20N2/c1-11(9-15)12(2)16-8-7-13-5-3-4-6-14(13)10-16/h3-6H,7-10,15H2,1-2H3. The molecule has 0 amide bonds. The van der Waals surface area contributed by atoms with Crippen LogP contribution in [0.5, 0.6) is 0 Å². The fourth-order valence-corrected chi connectivity index (χ4v) is 2.20. The van der Waals surface area contributed by atoms with Crippen LogP contribution < -0.4 is 5.73 Å². The molecule has 2 N–H and O–H groups in total. The highest BCUT2D eigenvalue weighted by atomic mass is 15.1. The number of allylic oxidation sites excluding steroid dienone is 1. The molecule has 0 saturated heterocycles. The van der Waals surface area contributed by atoms with E-state index in [2.05, 4.69) is 43.0 Å². The highest BCUT2D eigenvalue weighted by molar-refractivity contribution is 5.30. The molecule has 0 unspecified atom stereocenters. The zero-order valence-electron chi connectivity index (χ0n) is 10.2. The quantitative estimate of drug-likeness (QED) is 0.822. The molecular formula is C14H20N2. The van der Waals surface area contributed by atoms with Crippen LogP contribution in [-0.4, -0.2) is 18.0 Å². The number of fused-ring (bicyclic) bond motifs is 1. The van der Waals surface area contributed by atoms with E-state index in [0.29, 0.717) is 6.54 Å². The smallest absolute Gasteiger partial charge is 0.0429 e. The van der Waals surface area contributed by atoms with Gasteiger partial charge in [-0.05, 0) is 37.0 Å². The Kier molecular flexibility index (Phi) is 3.30. The number of nitrogens with two attached hydrogens (primary N) is 1. The average Bonchev–Trinajstić information content (AvgIpc) is 2.36. The number of hydrogen-bond acceptors (Lipinski definition) is 2. The van der Waals surface area contributed by atoms with E-state index in [1.807, 2.05) is 0 Å². The Morgan fingerprint density at radius 2 is 1.94 bits per heavy atom. The van der Waals surface area contributed by atoms with Gasteiger partial charge < -0.3 is 10.6 Å². The second-order valence-electron chi connectivity index (χ2n) is 4.51. The van der Waals surface area contributed by atoms with Gasteiger partial charge in [-0.3, -0.25) is 0 Å². The van der Waals surface area contributed by atoms with Crippen molar-refractivity contribution < 1.29 is 0 Å². The van der Waals surface area contributed by atoms with Crippen molar-refractivity contribution in [2.75, 3.05) is 13.1 Å². The van der Waals surface area contributed by atoms with E-state index in [-0.39, 0.29) is 0 Å². The molecule has 0 spiro atoms. The summed E-state index contributed by atoms with van der Waals surface area (Å²) >= 11 is 0. The Hall–Kier alpha value is -1.28. The summed E-state index contributed by atoms with van der Waals surface area (Å²) in [5, 5.41) is 0. The first-order chi connectivity index (χ1) is 7.72. The van der Waals surface area contributed by atoms with Gasteiger partial charge in [0.25, 0.3) is 0 Å². The lowest BCUT2D eigenvalue weighted by molar-refractivity contribution is 0.319. The Morgan fingerprint density at radius 1 is 1.25 bits per heavy atom. The van der Waals surface area contributed by atoms with Crippen LogP contribution in [-0.2, 0) is 13.0 Å². The van der Waals surface area contributed by atoms with Crippen LogP contribution in [0.15, 0.2) is 35.5 Å². The van der Waals surface area contributed by atoms with Crippen molar-refractivity contribution in [3.63, 3.8) is 0 Å². The van der Waals surface area contributed by atoms with Crippen LogP contribution in [0.1, 0.15) is 25.0 Å². The summed E-state index contributed by atoms with van der Waals surface area (Å²) in [7, 11) is 0. The molecule has 1 aliphatic rings. The van der Waals surface area contributed by atoms with Crippen LogP contribution in [0.4, 0.5) is 0 Å². The summed E-state index contributed by atoms with van der Waals surface area (Å²) in [6.07, 6.45) is 1.14. The van der Waals surface area contributed by atoms with Crippen molar-refractivity contribution in [2.45, 2.75) is 26.8 Å². The molecule has 1 aromatic rings. The van der Waals surface area contributed by atoms with E-state index in [1.165, 1.54) is 22.4 Å². The average molecular weight is 216 g/mol. The molecule has 0 saturated carbocycles. The first-order valence-corrected chi connectivity index (χ1v) is 5.90. The fourth-order valence-electron chi connectivity index (χ4n) is 2.20. The maximum atomic E-state index is 5.69. The third-order valence-electron chi connectivity index (χ3n) is 3.53. The van der Waals surface area contributed by atoms with Gasteiger partial charge in [0.15, 0.2) is 0 Å². The molecular weight excluding hydrogens is 196 g/mol. The van der Waals surface area contributed by atoms with Gasteiger partial charge in [-0.2, -0.15) is 0 Å². The Labute approximate surface area is 97.8 Å². The van der Waals surface area contributed by atoms with Crippen LogP contribution >= 0.6 is 0 Å². The molecule has 1 heterocycles. The summed E-state index contributed by atoms with van der Waals surface area (Å²) in [6, 6.07) is 8.72. The third-order valence-corrected chi connectivity index (χ3v) is 3.53. The molecule has 0 bridgehead atoms. The molecule has 1 aliphatic heterocycles. The van der Waals surface area contributed by atoms with Crippen molar-refractivity contribution in [2.24, 2.45) is 5.73 Å². The summed E-state index contributed by atoms with van der Waals surface area (Å²) < 4.78 is 0. The first kappa shape index (κ1) is 11.2. The van der Waals surface area contributed by atoms with Crippen LogP contribution in [0, 0.1) is 0 Å². The topological polar surface area (TPSA) is 29.3 Å². The summed E-state index contributed by atoms with van der Waals surface area (Å²) in [5.41, 5.74) is 11.3. The summed E-state index contributed by atoms with van der Waals surface area (Å²) in [4.78, 5) is 2.44. The summed E-state index contributed by atoms with van der Waals surface area (Å²) in [6.45, 7) is 7.09. The molecule has 1 aromatic carbocycles. The van der Waals surface area contributed by atoms with Crippen molar-refractivity contribution >= 4 is 0 Å². The molecule has 0 aromatic heterocycles. The summed E-state index contributed by atoms with van der Waals surface area (Å²) in [5.74, 6) is 0. The van der Waals surface area contributed by atoms with Gasteiger partial charge in [-0.25, -0.2) is 0 Å². The van der Waals surface area contributed by atoms with Crippen molar-refractivity contribution in [1.29, 1.82) is 0 Å². The normalized spacial score (nSPS) is 16.8. The van der Waals surface area contributed by atoms with Crippen LogP contribution in [0.25, 0.3) is 0 Å². The number of hydrogen-bond donors (Lipinski definition) is 1. The van der Waals surface area contributed by atoms with E-state index in [9.17, 15) is 0 Å². The highest BCUT2D eigenvalue weighted by Gasteiger charge is 2.16. The molecule has 2 rings (SSSR count). The van der Waals surface area contributed by atoms with Gasteiger partial charge in [0.2, 0.25) is 0 Å². The van der Waals surface area contributed by atoms with Gasteiger partial charge in [0, 0.05) is 25.3 Å². The molecule has 0 atom stereocenters. The van der Waals surface area contributed by atoms with E-state index in [1.54, 1.807) is 0 Å². The van der Waals surface area contributed by atoms with Crippen LogP contribution in [0.3, 0.4) is 0 Å². The second kappa shape index (κ2) is 4.71. The second-order valence-corrected chi connectivity index (χ2v) is 4.51. The van der Waals surface area contributed by atoms with E-state index < -0.39 is 0 Å². The predicted octanol–water partition coefficient (Wildman–Crippen LogP) is 2.30. The maximum Gasteiger partial charge on any atom is 0.0429 e. The molecule has 2 heteroatoms. The first-order valence-electron chi connectivity index (χ1n) is 5.90. The molecule has 0 fully saturated rings. The Balaban J connectivity index is 2.20. The fraction of sp³-hybridized carbons (Fsp3) is 0.429. The zero-order chi connectivity index (χ0) is 11.5. The minimum absolute atomic E-state index is 0.657. The maximum absolute atomic E-state index is 5.69. The predicted molar refractivity (Wildman–Crippen MR) is 68.0 cm³/mol. The number of nitrogens with zero attached hydrogens (tertiary/aromatic N) is 1. The van der Waals surface area contributed by atoms with E-state index in [0.717, 1.165) is 19.5 Å². The van der Waals surface area contributed by atoms with E-state index in [4.69, 9.17) is 5.73 Å². The third kappa shape index (κ3) is 2.12. The molecule has 0 aliphatic carbocycles. The molecule has 86 valence electrons. The van der Waals surface area contributed by atoms with Crippen LogP contribution in [0.2, 0.25) is 0 Å². The van der Waals surface area contributed by atoms with Crippen molar-refractivity contribution in [1.82, 2.24) is 4.90 Å². The van der Waals surface area contributed by atoms with Gasteiger partial charge >= 0.3 is 0 Å². The number of rotatable bonds is 2. The zero-order valence-corrected chi connectivity index (χ0v) is 10.2. The lowest BCUT2D eigenvalue weighted by Gasteiger charge is -2.32. The molecule has 0 radical (unpaired) electrons. The van der Waals surface area contributed by atoms with Crippen molar-refractivity contribution in [3.8, 4) is 0 Å². The molecule has 2 nitrogen and oxygen atoms in total. The van der Waals surface area contributed by atoms with Gasteiger partial charge in [0.1, 0.15) is 0 Å². The monoisotopic (exact) mass is 216 g/mol. The Morgan fingerprint density at radius 3 is 2.62 bits per heavy atom. The largest absolute Gasteiger partial charge is 0.370 e. The SMILES string of the molecule is CC(CN)=C(C)N1CCc2ccccc2C1. The number of benzene rings is 1. The van der Waals surface area contributed by atoms with Crippen molar-refractivity contribution in [3.05, 3.63) is 46.7 Å². The van der Waals surface area contributed by atoms with Gasteiger partial charge in [-0.1, -0.05) is 24.3 Å².